The molecular formula is C21H15ClF4N6O. The van der Waals surface area contributed by atoms with E-state index in [4.69, 9.17) is 22.7 Å². The van der Waals surface area contributed by atoms with Crippen LogP contribution in [0.3, 0.4) is 0 Å². The molecule has 7 nitrogen and oxygen atoms in total. The summed E-state index contributed by atoms with van der Waals surface area (Å²) < 4.78 is 54.8. The van der Waals surface area contributed by atoms with E-state index in [0.717, 1.165) is 30.8 Å². The Labute approximate surface area is 189 Å². The number of hydrazone groups is 1. The van der Waals surface area contributed by atoms with Gasteiger partial charge in [-0.1, -0.05) is 29.8 Å². The molecule has 1 amide bonds. The molecule has 5 N–H and O–H groups in total. The van der Waals surface area contributed by atoms with Crippen molar-refractivity contribution in [2.45, 2.75) is 6.18 Å². The Bertz CT molecular complexity index is 1250. The minimum Gasteiger partial charge on any atom is -0.398 e. The fourth-order valence-corrected chi connectivity index (χ4v) is 3.11. The van der Waals surface area contributed by atoms with Gasteiger partial charge < -0.3 is 16.5 Å². The Morgan fingerprint density at radius 1 is 1.18 bits per heavy atom. The van der Waals surface area contributed by atoms with Gasteiger partial charge in [-0.25, -0.2) is 9.37 Å². The van der Waals surface area contributed by atoms with E-state index in [1.54, 1.807) is 24.3 Å². The summed E-state index contributed by atoms with van der Waals surface area (Å²) in [6.07, 6.45) is -2.22. The number of aromatic nitrogens is 1. The third kappa shape index (κ3) is 5.44. The maximum atomic E-state index is 14.7. The molecule has 0 fully saturated rings. The molecule has 170 valence electrons. The fourth-order valence-electron chi connectivity index (χ4n) is 2.84. The minimum atomic E-state index is -4.83. The van der Waals surface area contributed by atoms with Crippen LogP contribution in [0.1, 0.15) is 15.9 Å². The molecule has 0 saturated heterocycles. The zero-order chi connectivity index (χ0) is 24.2. The third-order valence-corrected chi connectivity index (χ3v) is 4.64. The summed E-state index contributed by atoms with van der Waals surface area (Å²) in [7, 11) is 0. The molecule has 0 radical (unpaired) electrons. The van der Waals surface area contributed by atoms with E-state index in [1.165, 1.54) is 0 Å². The van der Waals surface area contributed by atoms with Crippen LogP contribution >= 0.6 is 11.6 Å². The molecule has 0 bridgehead atoms. The lowest BCUT2D eigenvalue weighted by Gasteiger charge is -2.14. The number of anilines is 3. The number of nitrogens with two attached hydrogens (primary N) is 1. The third-order valence-electron chi connectivity index (χ3n) is 4.32. The number of para-hydroxylation sites is 1. The van der Waals surface area contributed by atoms with E-state index in [1.807, 2.05) is 0 Å². The maximum Gasteiger partial charge on any atom is 0.420 e. The normalized spacial score (nSPS) is 11.4. The highest BCUT2D eigenvalue weighted by atomic mass is 35.5. The van der Waals surface area contributed by atoms with Gasteiger partial charge in [-0.05, 0) is 24.3 Å². The van der Waals surface area contributed by atoms with Gasteiger partial charge in [0.05, 0.1) is 23.7 Å². The first-order chi connectivity index (χ1) is 15.6. The van der Waals surface area contributed by atoms with Crippen molar-refractivity contribution in [1.82, 2.24) is 4.98 Å². The summed E-state index contributed by atoms with van der Waals surface area (Å²) in [5.41, 5.74) is 6.97. The molecule has 12 heteroatoms. The van der Waals surface area contributed by atoms with E-state index >= 15 is 0 Å². The second-order valence-electron chi connectivity index (χ2n) is 6.53. The fraction of sp³-hybridized carbons (Fsp3) is 0.0476. The highest BCUT2D eigenvalue weighted by molar-refractivity contribution is 6.34. The number of nitrogen functional groups attached to an aromatic ring is 1. The van der Waals surface area contributed by atoms with Crippen LogP contribution in [0.4, 0.5) is 34.8 Å². The maximum absolute atomic E-state index is 14.7. The molecule has 1 aromatic heterocycles. The number of carbonyl (C=O) groups excluding carboxylic acids is 1. The summed E-state index contributed by atoms with van der Waals surface area (Å²) in [5.74, 6) is -2.62. The topological polar surface area (TPSA) is 116 Å². The standard InChI is InChI=1S/C21H15ClF4N6O/c22-16-8-14(17(23)9-13(16)12-3-1-2-4-18(12)28)20(33)31-11-7-15(21(24,25)26)19(29-10-11)32-30-6-5-27/h1-10,27H,28H2,(H,29,32)(H,31,33)/b27-5?,30-6-. The molecule has 0 aliphatic carbocycles. The Kier molecular flexibility index (Phi) is 6.92. The van der Waals surface area contributed by atoms with Gasteiger partial charge in [0.1, 0.15) is 11.4 Å². The average molecular weight is 479 g/mol. The molecule has 3 aromatic rings. The van der Waals surface area contributed by atoms with Gasteiger partial charge in [-0.15, -0.1) is 0 Å². The molecule has 0 aliphatic rings. The Balaban J connectivity index is 1.91. The molecule has 33 heavy (non-hydrogen) atoms. The van der Waals surface area contributed by atoms with Crippen molar-refractivity contribution in [2.24, 2.45) is 5.10 Å². The zero-order valence-electron chi connectivity index (χ0n) is 16.5. The molecule has 2 aromatic carbocycles. The highest BCUT2D eigenvalue weighted by Crippen LogP contribution is 2.36. The Morgan fingerprint density at radius 3 is 2.58 bits per heavy atom. The van der Waals surface area contributed by atoms with E-state index < -0.39 is 34.8 Å². The lowest BCUT2D eigenvalue weighted by Crippen LogP contribution is -2.16. The van der Waals surface area contributed by atoms with Crippen molar-refractivity contribution in [2.75, 3.05) is 16.5 Å². The van der Waals surface area contributed by atoms with Gasteiger partial charge in [0.2, 0.25) is 0 Å². The number of hydrogen-bond donors (Lipinski definition) is 4. The number of carbonyl (C=O) groups is 1. The van der Waals surface area contributed by atoms with Crippen LogP contribution in [0.5, 0.6) is 0 Å². The quantitative estimate of drug-likeness (QED) is 0.163. The summed E-state index contributed by atoms with van der Waals surface area (Å²) in [5, 5.41) is 12.4. The molecule has 0 atom stereocenters. The number of rotatable bonds is 6. The summed E-state index contributed by atoms with van der Waals surface area (Å²) >= 11 is 6.22. The van der Waals surface area contributed by atoms with Crippen LogP contribution < -0.4 is 16.5 Å². The van der Waals surface area contributed by atoms with Crippen LogP contribution in [0, 0.1) is 11.2 Å². The van der Waals surface area contributed by atoms with Crippen molar-refractivity contribution in [1.29, 1.82) is 5.41 Å². The molecule has 0 aliphatic heterocycles. The van der Waals surface area contributed by atoms with Crippen molar-refractivity contribution >= 4 is 47.1 Å². The number of amides is 1. The summed E-state index contributed by atoms with van der Waals surface area (Å²) in [6, 6.07) is 9.30. The largest absolute Gasteiger partial charge is 0.420 e. The molecule has 0 spiro atoms. The average Bonchev–Trinajstić information content (AvgIpc) is 2.76. The van der Waals surface area contributed by atoms with Crippen LogP contribution in [0.25, 0.3) is 11.1 Å². The molecule has 1 heterocycles. The first kappa shape index (κ1) is 23.7. The number of hydrogen-bond acceptors (Lipinski definition) is 6. The second kappa shape index (κ2) is 9.65. The van der Waals surface area contributed by atoms with Gasteiger partial charge in [0.25, 0.3) is 5.91 Å². The first-order valence-electron chi connectivity index (χ1n) is 9.12. The van der Waals surface area contributed by atoms with Crippen LogP contribution in [-0.4, -0.2) is 23.3 Å². The predicted molar refractivity (Wildman–Crippen MR) is 119 cm³/mol. The lowest BCUT2D eigenvalue weighted by molar-refractivity contribution is -0.137. The van der Waals surface area contributed by atoms with Crippen molar-refractivity contribution in [3.63, 3.8) is 0 Å². The Hall–Kier alpha value is -3.99. The van der Waals surface area contributed by atoms with Gasteiger partial charge in [-0.3, -0.25) is 10.2 Å². The number of alkyl halides is 3. The number of halogens is 5. The SMILES string of the molecule is N=C/C=N\Nc1ncc(NC(=O)c2cc(Cl)c(-c3ccccc3N)cc2F)cc1C(F)(F)F. The van der Waals surface area contributed by atoms with E-state index in [2.05, 4.69) is 20.8 Å². The van der Waals surface area contributed by atoms with Gasteiger partial charge in [0.15, 0.2) is 5.82 Å². The first-order valence-corrected chi connectivity index (χ1v) is 9.50. The highest BCUT2D eigenvalue weighted by Gasteiger charge is 2.35. The van der Waals surface area contributed by atoms with Crippen LogP contribution in [0.2, 0.25) is 5.02 Å². The lowest BCUT2D eigenvalue weighted by atomic mass is 10.0. The predicted octanol–water partition coefficient (Wildman–Crippen LogP) is 5.44. The van der Waals surface area contributed by atoms with Gasteiger partial charge in [0, 0.05) is 28.1 Å². The number of pyridine rings is 1. The Morgan fingerprint density at radius 2 is 1.91 bits per heavy atom. The summed E-state index contributed by atoms with van der Waals surface area (Å²) in [4.78, 5) is 16.1. The molecule has 0 unspecified atom stereocenters. The van der Waals surface area contributed by atoms with Crippen molar-refractivity contribution in [3.05, 3.63) is 70.6 Å². The van der Waals surface area contributed by atoms with Gasteiger partial charge in [-0.2, -0.15) is 18.3 Å². The molecular weight excluding hydrogens is 464 g/mol. The zero-order valence-corrected chi connectivity index (χ0v) is 17.3. The monoisotopic (exact) mass is 478 g/mol. The van der Waals surface area contributed by atoms with E-state index in [9.17, 15) is 22.4 Å². The van der Waals surface area contributed by atoms with Crippen molar-refractivity contribution < 1.29 is 22.4 Å². The van der Waals surface area contributed by atoms with E-state index in [0.29, 0.717) is 17.3 Å². The van der Waals surface area contributed by atoms with Crippen molar-refractivity contribution in [3.8, 4) is 11.1 Å². The smallest absolute Gasteiger partial charge is 0.398 e. The number of nitrogens with zero attached hydrogens (tertiary/aromatic N) is 2. The molecule has 3 rings (SSSR count). The number of nitrogens with one attached hydrogen (secondary N) is 3. The summed E-state index contributed by atoms with van der Waals surface area (Å²) in [6.45, 7) is 0. The van der Waals surface area contributed by atoms with E-state index in [-0.39, 0.29) is 16.3 Å². The van der Waals surface area contributed by atoms with Crippen LogP contribution in [0.15, 0.2) is 53.8 Å². The molecule has 0 saturated carbocycles. The minimum absolute atomic E-state index is 0.0252. The second-order valence-corrected chi connectivity index (χ2v) is 6.94. The van der Waals surface area contributed by atoms with Crippen LogP contribution in [-0.2, 0) is 6.18 Å². The van der Waals surface area contributed by atoms with Gasteiger partial charge >= 0.3 is 6.18 Å². The number of benzene rings is 2.